The molecule has 0 amide bonds. The van der Waals surface area contributed by atoms with Gasteiger partial charge in [-0.3, -0.25) is 5.41 Å². The van der Waals surface area contributed by atoms with Crippen LogP contribution in [0.25, 0.3) is 11.4 Å². The molecule has 0 spiro atoms. The van der Waals surface area contributed by atoms with E-state index in [0.29, 0.717) is 12.3 Å². The van der Waals surface area contributed by atoms with Crippen molar-refractivity contribution >= 4 is 24.3 Å². The number of thioether (sulfide) groups is 1. The molecule has 2 heterocycles. The highest BCUT2D eigenvalue weighted by atomic mass is 32.2. The van der Waals surface area contributed by atoms with Gasteiger partial charge in [-0.05, 0) is 38.1 Å². The van der Waals surface area contributed by atoms with Crippen molar-refractivity contribution in [2.75, 3.05) is 25.4 Å². The van der Waals surface area contributed by atoms with Crippen LogP contribution in [0.1, 0.15) is 31.7 Å². The third-order valence-corrected chi connectivity index (χ3v) is 7.09. The van der Waals surface area contributed by atoms with Gasteiger partial charge in [-0.1, -0.05) is 24.3 Å². The average molecular weight is 412 g/mol. The number of rotatable bonds is 5. The number of aliphatic hydroxyl groups is 1. The van der Waals surface area contributed by atoms with Crippen LogP contribution in [0.3, 0.4) is 0 Å². The molecule has 1 aliphatic carbocycles. The standard InChI is InChI=1S/C21H26N4OS.CH3N/c1-20(15-26)13-18(22)25(11-12-27-20)14-21(7-8-21)17-5-3-16(4-6-17)19-23-9-2-10-24-19;1-2/h2-6,9-10,22,26H,7-8,11-15H2,1H3;2H,1H2. The molecule has 1 unspecified atom stereocenters. The number of benzene rings is 1. The van der Waals surface area contributed by atoms with Crippen molar-refractivity contribution in [2.24, 2.45) is 0 Å². The van der Waals surface area contributed by atoms with E-state index in [2.05, 4.69) is 52.8 Å². The summed E-state index contributed by atoms with van der Waals surface area (Å²) < 4.78 is -0.222. The van der Waals surface area contributed by atoms with Crippen molar-refractivity contribution in [2.45, 2.75) is 36.3 Å². The average Bonchev–Trinajstić information content (AvgIpc) is 3.57. The van der Waals surface area contributed by atoms with Crippen LogP contribution in [-0.4, -0.2) is 62.7 Å². The van der Waals surface area contributed by atoms with Gasteiger partial charge in [0.1, 0.15) is 0 Å². The van der Waals surface area contributed by atoms with E-state index < -0.39 is 0 Å². The number of aromatic nitrogens is 2. The molecule has 154 valence electrons. The minimum atomic E-state index is -0.222. The van der Waals surface area contributed by atoms with Crippen molar-refractivity contribution in [3.8, 4) is 11.4 Å². The Hall–Kier alpha value is -2.25. The summed E-state index contributed by atoms with van der Waals surface area (Å²) in [6.07, 6.45) is 6.50. The van der Waals surface area contributed by atoms with E-state index >= 15 is 0 Å². The Balaban J connectivity index is 0.00000117. The van der Waals surface area contributed by atoms with Gasteiger partial charge in [-0.25, -0.2) is 9.97 Å². The Kier molecular flexibility index (Phi) is 6.70. The Labute approximate surface area is 176 Å². The lowest BCUT2D eigenvalue weighted by atomic mass is 9.93. The van der Waals surface area contributed by atoms with Crippen LogP contribution in [0.5, 0.6) is 0 Å². The van der Waals surface area contributed by atoms with Gasteiger partial charge in [0.05, 0.1) is 12.4 Å². The second kappa shape index (κ2) is 9.05. The van der Waals surface area contributed by atoms with Crippen LogP contribution < -0.4 is 0 Å². The molecule has 4 rings (SSSR count). The van der Waals surface area contributed by atoms with Crippen LogP contribution in [0.2, 0.25) is 0 Å². The summed E-state index contributed by atoms with van der Waals surface area (Å²) in [7, 11) is 0. The number of hydrogen-bond donors (Lipinski definition) is 3. The fraction of sp³-hybridized carbons (Fsp3) is 0.455. The second-order valence-electron chi connectivity index (χ2n) is 7.93. The first-order valence-electron chi connectivity index (χ1n) is 9.84. The lowest BCUT2D eigenvalue weighted by Gasteiger charge is -2.30. The third kappa shape index (κ3) is 4.85. The normalized spacial score (nSPS) is 23.0. The lowest BCUT2D eigenvalue weighted by Crippen LogP contribution is -2.39. The first-order chi connectivity index (χ1) is 14.0. The van der Waals surface area contributed by atoms with Crippen molar-refractivity contribution < 1.29 is 5.11 Å². The van der Waals surface area contributed by atoms with Gasteiger partial charge in [0.2, 0.25) is 0 Å². The van der Waals surface area contributed by atoms with Crippen molar-refractivity contribution in [3.05, 3.63) is 48.3 Å². The summed E-state index contributed by atoms with van der Waals surface area (Å²) in [6, 6.07) is 10.4. The van der Waals surface area contributed by atoms with Gasteiger partial charge in [0.25, 0.3) is 0 Å². The number of nitrogens with one attached hydrogen (secondary N) is 2. The number of amidine groups is 1. The quantitative estimate of drug-likeness (QED) is 0.653. The highest BCUT2D eigenvalue weighted by Gasteiger charge is 2.46. The predicted molar refractivity (Wildman–Crippen MR) is 120 cm³/mol. The van der Waals surface area contributed by atoms with Crippen molar-refractivity contribution in [1.82, 2.24) is 14.9 Å². The van der Waals surface area contributed by atoms with E-state index in [-0.39, 0.29) is 16.8 Å². The molecule has 1 atom stereocenters. The molecule has 1 aromatic carbocycles. The first-order valence-corrected chi connectivity index (χ1v) is 10.8. The van der Waals surface area contributed by atoms with Crippen LogP contribution >= 0.6 is 11.8 Å². The van der Waals surface area contributed by atoms with Crippen LogP contribution in [-0.2, 0) is 5.41 Å². The zero-order valence-electron chi connectivity index (χ0n) is 16.9. The molecule has 3 N–H and O–H groups in total. The summed E-state index contributed by atoms with van der Waals surface area (Å²) in [4.78, 5) is 10.9. The van der Waals surface area contributed by atoms with E-state index in [1.54, 1.807) is 24.2 Å². The molecule has 0 radical (unpaired) electrons. The molecule has 2 aromatic rings. The minimum absolute atomic E-state index is 0.127. The zero-order valence-corrected chi connectivity index (χ0v) is 17.7. The first kappa shape index (κ1) is 21.5. The van der Waals surface area contributed by atoms with Gasteiger partial charge < -0.3 is 15.4 Å². The highest BCUT2D eigenvalue weighted by molar-refractivity contribution is 8.00. The van der Waals surface area contributed by atoms with E-state index in [1.165, 1.54) is 18.4 Å². The van der Waals surface area contributed by atoms with Crippen LogP contribution in [0.4, 0.5) is 0 Å². The molecule has 2 fully saturated rings. The third-order valence-electron chi connectivity index (χ3n) is 5.74. The smallest absolute Gasteiger partial charge is 0.159 e. The summed E-state index contributed by atoms with van der Waals surface area (Å²) >= 11 is 1.79. The maximum absolute atomic E-state index is 9.68. The van der Waals surface area contributed by atoms with E-state index in [1.807, 2.05) is 6.07 Å². The number of nitrogens with zero attached hydrogens (tertiary/aromatic N) is 3. The van der Waals surface area contributed by atoms with Gasteiger partial charge in [0, 0.05) is 53.4 Å². The molecule has 1 aromatic heterocycles. The summed E-state index contributed by atoms with van der Waals surface area (Å²) in [6.45, 7) is 6.47. The van der Waals surface area contributed by atoms with Gasteiger partial charge >= 0.3 is 0 Å². The van der Waals surface area contributed by atoms with E-state index in [0.717, 1.165) is 30.2 Å². The van der Waals surface area contributed by atoms with E-state index in [9.17, 15) is 5.11 Å². The largest absolute Gasteiger partial charge is 0.395 e. The molecule has 2 aliphatic rings. The number of hydrogen-bond acceptors (Lipinski definition) is 6. The van der Waals surface area contributed by atoms with Gasteiger partial charge in [0.15, 0.2) is 5.82 Å². The topological polar surface area (TPSA) is 97.0 Å². The maximum atomic E-state index is 9.68. The Bertz CT molecular complexity index is 825. The summed E-state index contributed by atoms with van der Waals surface area (Å²) in [5, 5.41) is 23.7. The fourth-order valence-corrected chi connectivity index (χ4v) is 4.94. The van der Waals surface area contributed by atoms with Gasteiger partial charge in [-0.2, -0.15) is 11.8 Å². The Morgan fingerprint density at radius 1 is 1.17 bits per heavy atom. The van der Waals surface area contributed by atoms with Crippen LogP contribution in [0, 0.1) is 10.8 Å². The molecular formula is C22H29N5OS. The highest BCUT2D eigenvalue weighted by Crippen LogP contribution is 2.49. The SMILES string of the molecule is C=N.CC1(CO)CC(=N)N(CC2(c3ccc(-c4ncccn4)cc3)CC2)CCS1. The monoisotopic (exact) mass is 411 g/mol. The molecule has 1 saturated heterocycles. The molecule has 1 saturated carbocycles. The molecular weight excluding hydrogens is 382 g/mol. The van der Waals surface area contributed by atoms with Crippen LogP contribution in [0.15, 0.2) is 42.7 Å². The zero-order chi connectivity index (χ0) is 20.9. The minimum Gasteiger partial charge on any atom is -0.395 e. The predicted octanol–water partition coefficient (Wildman–Crippen LogP) is 3.61. The van der Waals surface area contributed by atoms with Gasteiger partial charge in [-0.15, -0.1) is 0 Å². The summed E-state index contributed by atoms with van der Waals surface area (Å²) in [5.74, 6) is 2.38. The van der Waals surface area contributed by atoms with Crippen molar-refractivity contribution in [3.63, 3.8) is 0 Å². The molecule has 0 bridgehead atoms. The molecule has 1 aliphatic heterocycles. The van der Waals surface area contributed by atoms with E-state index in [4.69, 9.17) is 10.8 Å². The summed E-state index contributed by atoms with van der Waals surface area (Å²) in [5.41, 5.74) is 2.54. The second-order valence-corrected chi connectivity index (χ2v) is 9.61. The fourth-order valence-electron chi connectivity index (χ4n) is 3.81. The lowest BCUT2D eigenvalue weighted by molar-refractivity contribution is 0.257. The number of aliphatic hydroxyl groups excluding tert-OH is 1. The molecule has 29 heavy (non-hydrogen) atoms. The Morgan fingerprint density at radius 3 is 2.41 bits per heavy atom. The molecule has 6 nitrogen and oxygen atoms in total. The maximum Gasteiger partial charge on any atom is 0.159 e. The Morgan fingerprint density at radius 2 is 1.83 bits per heavy atom. The van der Waals surface area contributed by atoms with Crippen molar-refractivity contribution in [1.29, 1.82) is 10.8 Å². The molecule has 7 heteroatoms.